The molecule has 0 saturated carbocycles. The van der Waals surface area contributed by atoms with E-state index in [-0.39, 0.29) is 6.04 Å². The molecule has 0 aliphatic carbocycles. The second-order valence-electron chi connectivity index (χ2n) is 4.39. The van der Waals surface area contributed by atoms with Crippen LogP contribution < -0.4 is 5.73 Å². The normalized spacial score (nSPS) is 12.7. The van der Waals surface area contributed by atoms with Crippen molar-refractivity contribution in [3.05, 3.63) is 51.8 Å². The van der Waals surface area contributed by atoms with Gasteiger partial charge < -0.3 is 5.73 Å². The number of hydrogen-bond acceptors (Lipinski definition) is 2. The molecule has 1 aromatic carbocycles. The molecule has 0 aliphatic rings. The van der Waals surface area contributed by atoms with Crippen LogP contribution in [0.3, 0.4) is 0 Å². The van der Waals surface area contributed by atoms with Gasteiger partial charge in [0.05, 0.1) is 6.20 Å². The van der Waals surface area contributed by atoms with Gasteiger partial charge in [-0.05, 0) is 42.2 Å². The summed E-state index contributed by atoms with van der Waals surface area (Å²) in [4.78, 5) is 0. The third-order valence-electron chi connectivity index (χ3n) is 2.71. The largest absolute Gasteiger partial charge is 0.324 e. The van der Waals surface area contributed by atoms with Gasteiger partial charge in [0, 0.05) is 23.8 Å². The van der Waals surface area contributed by atoms with Gasteiger partial charge in [-0.25, -0.2) is 0 Å². The zero-order valence-electron chi connectivity index (χ0n) is 10.0. The zero-order chi connectivity index (χ0) is 12.4. The van der Waals surface area contributed by atoms with Crippen molar-refractivity contribution in [1.29, 1.82) is 0 Å². The van der Waals surface area contributed by atoms with Gasteiger partial charge >= 0.3 is 0 Å². The molecular formula is C13H16BrN3. The molecule has 0 radical (unpaired) electrons. The van der Waals surface area contributed by atoms with Crippen molar-refractivity contribution in [2.45, 2.75) is 19.4 Å². The highest BCUT2D eigenvalue weighted by molar-refractivity contribution is 9.10. The number of rotatable bonds is 3. The van der Waals surface area contributed by atoms with E-state index in [9.17, 15) is 0 Å². The predicted octanol–water partition coefficient (Wildman–Crippen LogP) is 2.73. The fourth-order valence-electron chi connectivity index (χ4n) is 1.93. The average Bonchev–Trinajstić information content (AvgIpc) is 2.62. The summed E-state index contributed by atoms with van der Waals surface area (Å²) >= 11 is 3.50. The molecule has 1 atom stereocenters. The second kappa shape index (κ2) is 5.02. The van der Waals surface area contributed by atoms with Crippen LogP contribution in [0, 0.1) is 6.92 Å². The Labute approximate surface area is 110 Å². The molecule has 0 spiro atoms. The molecule has 0 fully saturated rings. The lowest BCUT2D eigenvalue weighted by atomic mass is 10.0. The fourth-order valence-corrected chi connectivity index (χ4v) is 2.55. The first kappa shape index (κ1) is 12.3. The van der Waals surface area contributed by atoms with Crippen molar-refractivity contribution in [2.24, 2.45) is 12.8 Å². The smallest absolute Gasteiger partial charge is 0.0522 e. The summed E-state index contributed by atoms with van der Waals surface area (Å²) in [5.41, 5.74) is 9.75. The number of nitrogens with zero attached hydrogens (tertiary/aromatic N) is 2. The van der Waals surface area contributed by atoms with Crippen LogP contribution in [0.4, 0.5) is 0 Å². The lowest BCUT2D eigenvalue weighted by Crippen LogP contribution is -2.13. The summed E-state index contributed by atoms with van der Waals surface area (Å²) in [6.45, 7) is 2.07. The molecule has 1 heterocycles. The van der Waals surface area contributed by atoms with Gasteiger partial charge in [0.1, 0.15) is 0 Å². The molecule has 17 heavy (non-hydrogen) atoms. The number of benzene rings is 1. The van der Waals surface area contributed by atoms with Crippen molar-refractivity contribution >= 4 is 15.9 Å². The van der Waals surface area contributed by atoms with Gasteiger partial charge in [-0.2, -0.15) is 5.10 Å². The summed E-state index contributed by atoms with van der Waals surface area (Å²) in [5.74, 6) is 0. The van der Waals surface area contributed by atoms with E-state index in [4.69, 9.17) is 5.73 Å². The van der Waals surface area contributed by atoms with Gasteiger partial charge in [0.15, 0.2) is 0 Å². The van der Waals surface area contributed by atoms with Crippen molar-refractivity contribution in [1.82, 2.24) is 9.78 Å². The highest BCUT2D eigenvalue weighted by atomic mass is 79.9. The lowest BCUT2D eigenvalue weighted by molar-refractivity contribution is 0.718. The Kier molecular flexibility index (Phi) is 3.64. The number of hydrogen-bond donors (Lipinski definition) is 1. The quantitative estimate of drug-likeness (QED) is 0.946. The average molecular weight is 294 g/mol. The maximum absolute atomic E-state index is 6.22. The SMILES string of the molecule is Cc1cc(Br)cc(C(N)Cc2cnn(C)c2)c1. The Morgan fingerprint density at radius 1 is 1.41 bits per heavy atom. The molecule has 0 bridgehead atoms. The van der Waals surface area contributed by atoms with Crippen molar-refractivity contribution in [3.63, 3.8) is 0 Å². The van der Waals surface area contributed by atoms with Crippen LogP contribution in [-0.4, -0.2) is 9.78 Å². The molecular weight excluding hydrogens is 278 g/mol. The zero-order valence-corrected chi connectivity index (χ0v) is 11.6. The Bertz CT molecular complexity index is 499. The number of halogens is 1. The predicted molar refractivity (Wildman–Crippen MR) is 72.7 cm³/mol. The third kappa shape index (κ3) is 3.17. The Balaban J connectivity index is 2.16. The van der Waals surface area contributed by atoms with E-state index < -0.39 is 0 Å². The summed E-state index contributed by atoms with van der Waals surface area (Å²) < 4.78 is 2.88. The molecule has 4 heteroatoms. The number of aryl methyl sites for hydroxylation is 2. The van der Waals surface area contributed by atoms with E-state index in [0.717, 1.165) is 22.0 Å². The maximum atomic E-state index is 6.22. The number of aromatic nitrogens is 2. The number of nitrogens with two attached hydrogens (primary N) is 1. The third-order valence-corrected chi connectivity index (χ3v) is 3.16. The topological polar surface area (TPSA) is 43.8 Å². The molecule has 0 aliphatic heterocycles. The Morgan fingerprint density at radius 2 is 2.18 bits per heavy atom. The first-order valence-corrected chi connectivity index (χ1v) is 6.34. The van der Waals surface area contributed by atoms with E-state index in [1.54, 1.807) is 4.68 Å². The van der Waals surface area contributed by atoms with Gasteiger partial charge in [-0.15, -0.1) is 0 Å². The first-order valence-electron chi connectivity index (χ1n) is 5.55. The van der Waals surface area contributed by atoms with Crippen LogP contribution in [0.5, 0.6) is 0 Å². The van der Waals surface area contributed by atoms with Crippen LogP contribution in [0.15, 0.2) is 35.1 Å². The summed E-state index contributed by atoms with van der Waals surface area (Å²) in [6.07, 6.45) is 4.68. The standard InChI is InChI=1S/C13H16BrN3/c1-9-3-11(6-12(14)4-9)13(15)5-10-7-16-17(2)8-10/h3-4,6-8,13H,5,15H2,1-2H3. The molecule has 2 rings (SSSR count). The minimum absolute atomic E-state index is 0.00963. The van der Waals surface area contributed by atoms with Gasteiger partial charge in [-0.1, -0.05) is 22.0 Å². The highest BCUT2D eigenvalue weighted by Crippen LogP contribution is 2.21. The van der Waals surface area contributed by atoms with E-state index in [0.29, 0.717) is 0 Å². The Hall–Kier alpha value is -1.13. The van der Waals surface area contributed by atoms with Crippen LogP contribution >= 0.6 is 15.9 Å². The van der Waals surface area contributed by atoms with Gasteiger partial charge in [0.2, 0.25) is 0 Å². The molecule has 2 N–H and O–H groups in total. The fraction of sp³-hybridized carbons (Fsp3) is 0.308. The highest BCUT2D eigenvalue weighted by Gasteiger charge is 2.09. The van der Waals surface area contributed by atoms with Crippen LogP contribution in [0.25, 0.3) is 0 Å². The monoisotopic (exact) mass is 293 g/mol. The lowest BCUT2D eigenvalue weighted by Gasteiger charge is -2.12. The molecule has 90 valence electrons. The minimum atomic E-state index is 0.00963. The van der Waals surface area contributed by atoms with Crippen molar-refractivity contribution in [2.75, 3.05) is 0 Å². The van der Waals surface area contributed by atoms with Gasteiger partial charge in [-0.3, -0.25) is 4.68 Å². The molecule has 0 saturated heterocycles. The molecule has 1 aromatic heterocycles. The van der Waals surface area contributed by atoms with E-state index in [1.165, 1.54) is 5.56 Å². The van der Waals surface area contributed by atoms with Crippen LogP contribution in [-0.2, 0) is 13.5 Å². The molecule has 2 aromatic rings. The summed E-state index contributed by atoms with van der Waals surface area (Å²) in [6, 6.07) is 6.30. The first-order chi connectivity index (χ1) is 8.04. The van der Waals surface area contributed by atoms with Crippen LogP contribution in [0.2, 0.25) is 0 Å². The second-order valence-corrected chi connectivity index (χ2v) is 5.31. The van der Waals surface area contributed by atoms with E-state index in [1.807, 2.05) is 19.4 Å². The molecule has 0 amide bonds. The van der Waals surface area contributed by atoms with E-state index >= 15 is 0 Å². The van der Waals surface area contributed by atoms with Crippen LogP contribution in [0.1, 0.15) is 22.7 Å². The maximum Gasteiger partial charge on any atom is 0.0522 e. The Morgan fingerprint density at radius 3 is 2.76 bits per heavy atom. The van der Waals surface area contributed by atoms with Crippen molar-refractivity contribution in [3.8, 4) is 0 Å². The molecule has 1 unspecified atom stereocenters. The van der Waals surface area contributed by atoms with Gasteiger partial charge in [0.25, 0.3) is 0 Å². The minimum Gasteiger partial charge on any atom is -0.324 e. The summed E-state index contributed by atoms with van der Waals surface area (Å²) in [7, 11) is 1.91. The van der Waals surface area contributed by atoms with E-state index in [2.05, 4.69) is 46.2 Å². The van der Waals surface area contributed by atoms with Crippen molar-refractivity contribution < 1.29 is 0 Å². The summed E-state index contributed by atoms with van der Waals surface area (Å²) in [5, 5.41) is 4.15. The molecule has 3 nitrogen and oxygen atoms in total.